The van der Waals surface area contributed by atoms with Crippen LogP contribution < -0.4 is 10.1 Å². The number of fused-ring (bicyclic) bond motifs is 1. The van der Waals surface area contributed by atoms with Crippen LogP contribution in [0.25, 0.3) is 10.1 Å². The van der Waals surface area contributed by atoms with E-state index in [2.05, 4.69) is 5.32 Å². The Balaban J connectivity index is 2.06. The molecule has 0 atom stereocenters. The number of carbonyl (C=O) groups is 1. The van der Waals surface area contributed by atoms with Crippen molar-refractivity contribution >= 4 is 43.0 Å². The van der Waals surface area contributed by atoms with Crippen molar-refractivity contribution in [2.45, 2.75) is 32.3 Å². The molecule has 0 radical (unpaired) electrons. The molecule has 0 saturated heterocycles. The van der Waals surface area contributed by atoms with Gasteiger partial charge in [-0.05, 0) is 37.3 Å². The van der Waals surface area contributed by atoms with Crippen molar-refractivity contribution in [2.75, 3.05) is 32.1 Å². The number of anilines is 1. The number of hydrogen-bond acceptors (Lipinski definition) is 6. The van der Waals surface area contributed by atoms with E-state index in [9.17, 15) is 17.6 Å². The third-order valence-electron chi connectivity index (χ3n) is 5.10. The number of rotatable bonds is 10. The molecule has 0 aliphatic carbocycles. The number of sulfonamides is 1. The Morgan fingerprint density at radius 3 is 2.52 bits per heavy atom. The Morgan fingerprint density at radius 2 is 1.88 bits per heavy atom. The van der Waals surface area contributed by atoms with E-state index in [1.54, 1.807) is 32.9 Å². The molecule has 3 aromatic rings. The molecule has 0 bridgehead atoms. The first-order valence-corrected chi connectivity index (χ1v) is 12.8. The Morgan fingerprint density at radius 1 is 1.15 bits per heavy atom. The summed E-state index contributed by atoms with van der Waals surface area (Å²) < 4.78 is 53.2. The predicted molar refractivity (Wildman–Crippen MR) is 128 cm³/mol. The molecule has 0 aliphatic heterocycles. The average Bonchev–Trinajstić information content (AvgIpc) is 3.16. The summed E-state index contributed by atoms with van der Waals surface area (Å²) in [6.07, 6.45) is 0. The third-order valence-corrected chi connectivity index (χ3v) is 8.34. The lowest BCUT2D eigenvalue weighted by molar-refractivity contribution is 0.102. The van der Waals surface area contributed by atoms with Crippen LogP contribution in [0, 0.1) is 5.82 Å². The summed E-state index contributed by atoms with van der Waals surface area (Å²) in [5, 5.41) is 3.11. The molecule has 0 aliphatic rings. The summed E-state index contributed by atoms with van der Waals surface area (Å²) in [5.41, 5.74) is 0.661. The standard InChI is InChI=1S/C23H27FN2O5S2/c1-5-26(6-2)33(28,29)15-11-12-19(31-7-3)18(13-15)25-23(27)22-16(14-30-4)21-17(24)9-8-10-20(21)32-22/h8-13H,5-7,14H2,1-4H3,(H,25,27). The first-order valence-electron chi connectivity index (χ1n) is 10.6. The fourth-order valence-corrected chi connectivity index (χ4v) is 6.18. The number of hydrogen-bond donors (Lipinski definition) is 1. The van der Waals surface area contributed by atoms with E-state index in [-0.39, 0.29) is 22.1 Å². The molecule has 1 amide bonds. The van der Waals surface area contributed by atoms with E-state index >= 15 is 0 Å². The van der Waals surface area contributed by atoms with Crippen molar-refractivity contribution in [1.29, 1.82) is 0 Å². The van der Waals surface area contributed by atoms with E-state index < -0.39 is 21.7 Å². The smallest absolute Gasteiger partial charge is 0.266 e. The van der Waals surface area contributed by atoms with Gasteiger partial charge in [-0.3, -0.25) is 4.79 Å². The Labute approximate surface area is 197 Å². The van der Waals surface area contributed by atoms with E-state index in [0.29, 0.717) is 41.1 Å². The number of methoxy groups -OCH3 is 1. The van der Waals surface area contributed by atoms with Crippen LogP contribution in [0.4, 0.5) is 10.1 Å². The zero-order valence-corrected chi connectivity index (χ0v) is 20.6. The minimum Gasteiger partial charge on any atom is -0.492 e. The maximum Gasteiger partial charge on any atom is 0.266 e. The zero-order chi connectivity index (χ0) is 24.2. The lowest BCUT2D eigenvalue weighted by Gasteiger charge is -2.20. The SMILES string of the molecule is CCOc1ccc(S(=O)(=O)N(CC)CC)cc1NC(=O)c1sc2cccc(F)c2c1COC. The summed E-state index contributed by atoms with van der Waals surface area (Å²) in [4.78, 5) is 13.6. The Kier molecular flexibility index (Phi) is 8.06. The van der Waals surface area contributed by atoms with Gasteiger partial charge in [0.15, 0.2) is 0 Å². The van der Waals surface area contributed by atoms with Gasteiger partial charge in [-0.2, -0.15) is 4.31 Å². The minimum atomic E-state index is -3.74. The van der Waals surface area contributed by atoms with Crippen LogP contribution in [0.1, 0.15) is 36.0 Å². The third kappa shape index (κ3) is 5.03. The van der Waals surface area contributed by atoms with E-state index in [1.165, 1.54) is 35.7 Å². The Bertz CT molecular complexity index is 1250. The largest absolute Gasteiger partial charge is 0.492 e. The van der Waals surface area contributed by atoms with Gasteiger partial charge in [0.1, 0.15) is 11.6 Å². The molecule has 7 nitrogen and oxygen atoms in total. The number of thiophene rings is 1. The molecule has 178 valence electrons. The number of carbonyl (C=O) groups excluding carboxylic acids is 1. The van der Waals surface area contributed by atoms with Gasteiger partial charge in [0.05, 0.1) is 28.7 Å². The quantitative estimate of drug-likeness (QED) is 0.435. The second-order valence-corrected chi connectivity index (χ2v) is 10.1. The fraction of sp³-hybridized carbons (Fsp3) is 0.348. The molecular weight excluding hydrogens is 467 g/mol. The number of ether oxygens (including phenoxy) is 2. The van der Waals surface area contributed by atoms with Crippen LogP contribution in [0.2, 0.25) is 0 Å². The highest BCUT2D eigenvalue weighted by atomic mass is 32.2. The van der Waals surface area contributed by atoms with Gasteiger partial charge in [-0.25, -0.2) is 12.8 Å². The molecule has 33 heavy (non-hydrogen) atoms. The molecule has 2 aromatic carbocycles. The van der Waals surface area contributed by atoms with Crippen LogP contribution in [-0.2, 0) is 21.4 Å². The normalized spacial score (nSPS) is 11.8. The van der Waals surface area contributed by atoms with Gasteiger partial charge in [0.2, 0.25) is 10.0 Å². The minimum absolute atomic E-state index is 0.0458. The van der Waals surface area contributed by atoms with Gasteiger partial charge in [0, 0.05) is 35.8 Å². The van der Waals surface area contributed by atoms with E-state index in [0.717, 1.165) is 11.3 Å². The van der Waals surface area contributed by atoms with Crippen molar-refractivity contribution in [2.24, 2.45) is 0 Å². The summed E-state index contributed by atoms with van der Waals surface area (Å²) in [7, 11) is -2.27. The van der Waals surface area contributed by atoms with Crippen molar-refractivity contribution in [3.05, 3.63) is 52.7 Å². The summed E-state index contributed by atoms with van der Waals surface area (Å²) in [6, 6.07) is 9.03. The highest BCUT2D eigenvalue weighted by Crippen LogP contribution is 2.36. The topological polar surface area (TPSA) is 84.9 Å². The molecule has 0 saturated carbocycles. The first kappa shape index (κ1) is 25.1. The summed E-state index contributed by atoms with van der Waals surface area (Å²) >= 11 is 1.15. The molecule has 0 fully saturated rings. The van der Waals surface area contributed by atoms with E-state index in [1.807, 2.05) is 0 Å². The molecule has 0 unspecified atom stereocenters. The summed E-state index contributed by atoms with van der Waals surface area (Å²) in [6.45, 7) is 6.33. The second kappa shape index (κ2) is 10.6. The van der Waals surface area contributed by atoms with Crippen molar-refractivity contribution in [1.82, 2.24) is 4.31 Å². The second-order valence-electron chi connectivity index (χ2n) is 7.09. The van der Waals surface area contributed by atoms with Crippen LogP contribution in [0.3, 0.4) is 0 Å². The van der Waals surface area contributed by atoms with Crippen LogP contribution in [0.5, 0.6) is 5.75 Å². The monoisotopic (exact) mass is 494 g/mol. The first-order chi connectivity index (χ1) is 15.8. The predicted octanol–water partition coefficient (Wildman–Crippen LogP) is 4.87. The zero-order valence-electron chi connectivity index (χ0n) is 19.0. The Hall–Kier alpha value is -2.53. The van der Waals surface area contributed by atoms with Gasteiger partial charge in [-0.1, -0.05) is 19.9 Å². The maximum atomic E-state index is 14.5. The number of benzene rings is 2. The number of amides is 1. The van der Waals surface area contributed by atoms with Crippen molar-refractivity contribution in [3.8, 4) is 5.75 Å². The molecule has 3 rings (SSSR count). The average molecular weight is 495 g/mol. The highest BCUT2D eigenvalue weighted by molar-refractivity contribution is 7.89. The fourth-order valence-electron chi connectivity index (χ4n) is 3.57. The van der Waals surface area contributed by atoms with Crippen molar-refractivity contribution in [3.63, 3.8) is 0 Å². The number of nitrogens with zero attached hydrogens (tertiary/aromatic N) is 1. The van der Waals surface area contributed by atoms with Gasteiger partial charge >= 0.3 is 0 Å². The van der Waals surface area contributed by atoms with Gasteiger partial charge in [0.25, 0.3) is 5.91 Å². The van der Waals surface area contributed by atoms with Gasteiger partial charge < -0.3 is 14.8 Å². The molecule has 1 N–H and O–H groups in total. The number of nitrogens with one attached hydrogen (secondary N) is 1. The van der Waals surface area contributed by atoms with Crippen LogP contribution in [-0.4, -0.2) is 45.4 Å². The molecule has 0 spiro atoms. The van der Waals surface area contributed by atoms with Crippen LogP contribution in [0.15, 0.2) is 41.3 Å². The highest BCUT2D eigenvalue weighted by Gasteiger charge is 2.25. The molecular formula is C23H27FN2O5S2. The lowest BCUT2D eigenvalue weighted by atomic mass is 10.1. The molecule has 1 heterocycles. The van der Waals surface area contributed by atoms with Crippen LogP contribution >= 0.6 is 11.3 Å². The maximum absolute atomic E-state index is 14.5. The van der Waals surface area contributed by atoms with Crippen molar-refractivity contribution < 1.29 is 27.1 Å². The number of halogens is 1. The molecule has 1 aromatic heterocycles. The summed E-state index contributed by atoms with van der Waals surface area (Å²) in [5.74, 6) is -0.594. The van der Waals surface area contributed by atoms with E-state index in [4.69, 9.17) is 9.47 Å². The lowest BCUT2D eigenvalue weighted by Crippen LogP contribution is -2.30. The molecule has 10 heteroatoms. The van der Waals surface area contributed by atoms with Gasteiger partial charge in [-0.15, -0.1) is 11.3 Å².